The van der Waals surface area contributed by atoms with E-state index in [1.807, 2.05) is 115 Å². The molecule has 1 N–H and O–H groups in total. The summed E-state index contributed by atoms with van der Waals surface area (Å²) in [6.45, 7) is 2.55. The number of hydrogen-bond acceptors (Lipinski definition) is 4. The average Bonchev–Trinajstić information content (AvgIpc) is 3.29. The van der Waals surface area contributed by atoms with Crippen LogP contribution in [0.2, 0.25) is 0 Å². The van der Waals surface area contributed by atoms with Gasteiger partial charge in [0.05, 0.1) is 24.7 Å². The highest BCUT2D eigenvalue weighted by Gasteiger charge is 2.26. The monoisotopic (exact) mass is 440 g/mol. The quantitative estimate of drug-likeness (QED) is 0.419. The van der Waals surface area contributed by atoms with Crippen LogP contribution in [0.15, 0.2) is 91.3 Å². The average molecular weight is 441 g/mol. The molecule has 3 aromatic carbocycles. The zero-order chi connectivity index (χ0) is 23.2. The minimum Gasteiger partial charge on any atom is -0.495 e. The second-order valence-electron chi connectivity index (χ2n) is 8.05. The van der Waals surface area contributed by atoms with Crippen LogP contribution in [0.4, 0.5) is 5.69 Å². The highest BCUT2D eigenvalue weighted by Crippen LogP contribution is 2.29. The smallest absolute Gasteiger partial charge is 0.246 e. The lowest BCUT2D eigenvalue weighted by Crippen LogP contribution is -2.34. The number of carbonyl (C=O) groups excluding carboxylic acids is 1. The summed E-state index contributed by atoms with van der Waals surface area (Å²) < 4.78 is 7.29. The van der Waals surface area contributed by atoms with Gasteiger partial charge < -0.3 is 10.1 Å². The van der Waals surface area contributed by atoms with E-state index >= 15 is 0 Å². The molecule has 0 aliphatic heterocycles. The minimum atomic E-state index is -0.489. The topological polar surface area (TPSA) is 59.4 Å². The number of aryl methyl sites for hydroxylation is 1. The van der Waals surface area contributed by atoms with Crippen molar-refractivity contribution in [3.63, 3.8) is 0 Å². The maximum atomic E-state index is 13.5. The van der Waals surface area contributed by atoms with Crippen molar-refractivity contribution in [3.05, 3.63) is 108 Å². The Kier molecular flexibility index (Phi) is 6.86. The van der Waals surface area contributed by atoms with Crippen molar-refractivity contribution >= 4 is 11.6 Å². The molecule has 0 aliphatic carbocycles. The molecule has 4 rings (SSSR count). The molecule has 168 valence electrons. The molecule has 4 aromatic rings. The summed E-state index contributed by atoms with van der Waals surface area (Å²) >= 11 is 0. The van der Waals surface area contributed by atoms with Crippen LogP contribution in [0.25, 0.3) is 5.69 Å². The van der Waals surface area contributed by atoms with E-state index in [0.717, 1.165) is 22.4 Å². The first-order chi connectivity index (χ1) is 16.0. The summed E-state index contributed by atoms with van der Waals surface area (Å²) in [7, 11) is 3.55. The van der Waals surface area contributed by atoms with Crippen LogP contribution in [0.1, 0.15) is 22.7 Å². The van der Waals surface area contributed by atoms with E-state index in [4.69, 9.17) is 4.74 Å². The van der Waals surface area contributed by atoms with Gasteiger partial charge in [0.25, 0.3) is 0 Å². The molecule has 0 radical (unpaired) electrons. The number of methoxy groups -OCH3 is 1. The molecule has 6 nitrogen and oxygen atoms in total. The van der Waals surface area contributed by atoms with E-state index in [1.165, 1.54) is 0 Å². The molecule has 0 aliphatic rings. The van der Waals surface area contributed by atoms with E-state index < -0.39 is 6.04 Å². The third kappa shape index (κ3) is 5.30. The SMILES string of the molecule is COc1ccc(C)cc1NC(=O)[C@H](c1ccccc1)N(C)Cc1cnn(-c2ccccc2)c1. The van der Waals surface area contributed by atoms with Gasteiger partial charge >= 0.3 is 0 Å². The van der Waals surface area contributed by atoms with Crippen molar-refractivity contribution in [2.45, 2.75) is 19.5 Å². The first-order valence-electron chi connectivity index (χ1n) is 10.8. The molecule has 1 heterocycles. The lowest BCUT2D eigenvalue weighted by Gasteiger charge is -2.27. The first kappa shape index (κ1) is 22.3. The molecule has 6 heteroatoms. The van der Waals surface area contributed by atoms with Crippen LogP contribution >= 0.6 is 0 Å². The Morgan fingerprint density at radius 1 is 1.06 bits per heavy atom. The number of likely N-dealkylation sites (N-methyl/N-ethyl adjacent to an activating group) is 1. The number of nitrogens with zero attached hydrogens (tertiary/aromatic N) is 3. The van der Waals surface area contributed by atoms with Gasteiger partial charge in [0, 0.05) is 18.3 Å². The zero-order valence-corrected chi connectivity index (χ0v) is 19.1. The van der Waals surface area contributed by atoms with E-state index in [2.05, 4.69) is 10.4 Å². The second kappa shape index (κ2) is 10.1. The number of benzene rings is 3. The van der Waals surface area contributed by atoms with Gasteiger partial charge in [-0.2, -0.15) is 5.10 Å². The number of rotatable bonds is 8. The predicted octanol–water partition coefficient (Wildman–Crippen LogP) is 5.00. The maximum Gasteiger partial charge on any atom is 0.246 e. The lowest BCUT2D eigenvalue weighted by atomic mass is 10.0. The highest BCUT2D eigenvalue weighted by molar-refractivity contribution is 5.96. The van der Waals surface area contributed by atoms with Gasteiger partial charge in [0.2, 0.25) is 5.91 Å². The molecular weight excluding hydrogens is 412 g/mol. The molecule has 0 saturated carbocycles. The molecule has 0 unspecified atom stereocenters. The molecule has 0 saturated heterocycles. The van der Waals surface area contributed by atoms with Crippen LogP contribution in [0, 0.1) is 6.92 Å². The van der Waals surface area contributed by atoms with Crippen molar-refractivity contribution in [1.29, 1.82) is 0 Å². The molecule has 0 spiro atoms. The Bertz CT molecular complexity index is 1210. The fourth-order valence-corrected chi connectivity index (χ4v) is 3.90. The fraction of sp³-hybridized carbons (Fsp3) is 0.185. The molecule has 1 atom stereocenters. The zero-order valence-electron chi connectivity index (χ0n) is 19.1. The van der Waals surface area contributed by atoms with Crippen molar-refractivity contribution in [2.24, 2.45) is 0 Å². The van der Waals surface area contributed by atoms with Gasteiger partial charge in [0.1, 0.15) is 11.8 Å². The van der Waals surface area contributed by atoms with Crippen molar-refractivity contribution in [1.82, 2.24) is 14.7 Å². The summed E-state index contributed by atoms with van der Waals surface area (Å²) in [5, 5.41) is 7.56. The van der Waals surface area contributed by atoms with E-state index in [1.54, 1.807) is 7.11 Å². The lowest BCUT2D eigenvalue weighted by molar-refractivity contribution is -0.121. The maximum absolute atomic E-state index is 13.5. The Labute approximate surface area is 194 Å². The van der Waals surface area contributed by atoms with Crippen LogP contribution in [-0.2, 0) is 11.3 Å². The summed E-state index contributed by atoms with van der Waals surface area (Å²) in [5.41, 5.74) is 4.64. The van der Waals surface area contributed by atoms with E-state index in [9.17, 15) is 4.79 Å². The fourth-order valence-electron chi connectivity index (χ4n) is 3.90. The Morgan fingerprint density at radius 3 is 2.45 bits per heavy atom. The van der Waals surface area contributed by atoms with Crippen LogP contribution in [0.3, 0.4) is 0 Å². The molecule has 1 aromatic heterocycles. The summed E-state index contributed by atoms with van der Waals surface area (Å²) in [6.07, 6.45) is 3.84. The van der Waals surface area contributed by atoms with Crippen molar-refractivity contribution in [2.75, 3.05) is 19.5 Å². The number of ether oxygens (including phenoxy) is 1. The first-order valence-corrected chi connectivity index (χ1v) is 10.8. The Morgan fingerprint density at radius 2 is 1.76 bits per heavy atom. The minimum absolute atomic E-state index is 0.122. The van der Waals surface area contributed by atoms with Gasteiger partial charge in [-0.1, -0.05) is 54.6 Å². The summed E-state index contributed by atoms with van der Waals surface area (Å²) in [5.74, 6) is 0.510. The van der Waals surface area contributed by atoms with Gasteiger partial charge in [-0.3, -0.25) is 9.69 Å². The van der Waals surface area contributed by atoms with Crippen LogP contribution in [-0.4, -0.2) is 34.7 Å². The van der Waals surface area contributed by atoms with Gasteiger partial charge in [-0.05, 0) is 49.4 Å². The number of amides is 1. The predicted molar refractivity (Wildman–Crippen MR) is 131 cm³/mol. The normalized spacial score (nSPS) is 11.9. The molecule has 0 bridgehead atoms. The largest absolute Gasteiger partial charge is 0.495 e. The van der Waals surface area contributed by atoms with Crippen molar-refractivity contribution in [3.8, 4) is 11.4 Å². The van der Waals surface area contributed by atoms with Crippen LogP contribution < -0.4 is 10.1 Å². The van der Waals surface area contributed by atoms with E-state index in [-0.39, 0.29) is 5.91 Å². The number of aromatic nitrogens is 2. The molecule has 33 heavy (non-hydrogen) atoms. The highest BCUT2D eigenvalue weighted by atomic mass is 16.5. The Balaban J connectivity index is 1.58. The van der Waals surface area contributed by atoms with Crippen molar-refractivity contribution < 1.29 is 9.53 Å². The standard InChI is InChI=1S/C27H28N4O2/c1-20-14-15-25(33-3)24(16-20)29-27(32)26(22-10-6-4-7-11-22)30(2)18-21-17-28-31(19-21)23-12-8-5-9-13-23/h4-17,19,26H,18H2,1-3H3,(H,29,32)/t26-/m0/s1. The summed E-state index contributed by atoms with van der Waals surface area (Å²) in [6, 6.07) is 25.0. The number of nitrogens with one attached hydrogen (secondary N) is 1. The number of anilines is 1. The Hall–Kier alpha value is -3.90. The third-order valence-corrected chi connectivity index (χ3v) is 5.51. The third-order valence-electron chi connectivity index (χ3n) is 5.51. The number of para-hydroxylation sites is 1. The summed E-state index contributed by atoms with van der Waals surface area (Å²) in [4.78, 5) is 15.5. The molecule has 1 amide bonds. The van der Waals surface area contributed by atoms with Gasteiger partial charge in [0.15, 0.2) is 0 Å². The molecule has 0 fully saturated rings. The van der Waals surface area contributed by atoms with E-state index in [0.29, 0.717) is 18.0 Å². The second-order valence-corrected chi connectivity index (χ2v) is 8.05. The van der Waals surface area contributed by atoms with Gasteiger partial charge in [-0.15, -0.1) is 0 Å². The van der Waals surface area contributed by atoms with Crippen LogP contribution in [0.5, 0.6) is 5.75 Å². The number of carbonyl (C=O) groups is 1. The number of hydrogen-bond donors (Lipinski definition) is 1. The van der Waals surface area contributed by atoms with Gasteiger partial charge in [-0.25, -0.2) is 4.68 Å². The molecular formula is C27H28N4O2.